The molecule has 0 saturated carbocycles. The van der Waals surface area contributed by atoms with Gasteiger partial charge < -0.3 is 14.2 Å². The van der Waals surface area contributed by atoms with Gasteiger partial charge in [0.15, 0.2) is 0 Å². The molecule has 4 rings (SSSR count). The van der Waals surface area contributed by atoms with Gasteiger partial charge in [0.1, 0.15) is 5.82 Å². The second-order valence-electron chi connectivity index (χ2n) is 11.1. The summed E-state index contributed by atoms with van der Waals surface area (Å²) in [5.74, 6) is -0.734. The van der Waals surface area contributed by atoms with Crippen LogP contribution in [0, 0.1) is 11.2 Å². The van der Waals surface area contributed by atoms with Crippen molar-refractivity contribution in [2.75, 3.05) is 13.2 Å². The predicted octanol–water partition coefficient (Wildman–Crippen LogP) is 4.99. The average molecular weight is 542 g/mol. The number of aromatic nitrogens is 2. The van der Waals surface area contributed by atoms with Gasteiger partial charge in [-0.25, -0.2) is 17.8 Å². The third-order valence-corrected chi connectivity index (χ3v) is 8.06. The van der Waals surface area contributed by atoms with Crippen LogP contribution in [0.1, 0.15) is 56.9 Å². The first-order chi connectivity index (χ1) is 18.0. The summed E-state index contributed by atoms with van der Waals surface area (Å²) in [4.78, 5) is 19.5. The second kappa shape index (κ2) is 11.8. The molecule has 0 unspecified atom stereocenters. The van der Waals surface area contributed by atoms with E-state index >= 15 is 0 Å². The SMILES string of the molecule is CC(C)(C)CC(=O)N(Cc1cnc(S(=O)(=O)Cc2ccc(F)cc2)n1Cc1ccccc1)C[C@H]1CCCO1. The predicted molar refractivity (Wildman–Crippen MR) is 144 cm³/mol. The maximum atomic E-state index is 13.5. The molecule has 0 aliphatic carbocycles. The minimum Gasteiger partial charge on any atom is -0.376 e. The van der Waals surface area contributed by atoms with Crippen LogP contribution < -0.4 is 0 Å². The number of halogens is 1. The number of hydrogen-bond donors (Lipinski definition) is 0. The van der Waals surface area contributed by atoms with Gasteiger partial charge in [-0.1, -0.05) is 63.2 Å². The van der Waals surface area contributed by atoms with Crippen molar-refractivity contribution in [3.8, 4) is 0 Å². The van der Waals surface area contributed by atoms with Crippen LogP contribution in [0.25, 0.3) is 0 Å². The number of nitrogens with zero attached hydrogens (tertiary/aromatic N) is 3. The zero-order valence-electron chi connectivity index (χ0n) is 22.3. The Morgan fingerprint density at radius 3 is 2.45 bits per heavy atom. The molecule has 1 aliphatic rings. The van der Waals surface area contributed by atoms with Crippen LogP contribution in [0.4, 0.5) is 4.39 Å². The summed E-state index contributed by atoms with van der Waals surface area (Å²) in [5.41, 5.74) is 1.82. The lowest BCUT2D eigenvalue weighted by atomic mass is 9.91. The van der Waals surface area contributed by atoms with E-state index in [9.17, 15) is 17.6 Å². The average Bonchev–Trinajstić information content (AvgIpc) is 3.50. The zero-order valence-corrected chi connectivity index (χ0v) is 23.1. The number of ether oxygens (including phenoxy) is 1. The van der Waals surface area contributed by atoms with E-state index in [0.29, 0.717) is 30.8 Å². The van der Waals surface area contributed by atoms with Gasteiger partial charge >= 0.3 is 0 Å². The molecule has 1 atom stereocenters. The highest BCUT2D eigenvalue weighted by atomic mass is 32.2. The Morgan fingerprint density at radius 2 is 1.82 bits per heavy atom. The zero-order chi connectivity index (χ0) is 27.3. The highest BCUT2D eigenvalue weighted by Crippen LogP contribution is 2.25. The van der Waals surface area contributed by atoms with E-state index < -0.39 is 15.7 Å². The first-order valence-corrected chi connectivity index (χ1v) is 14.6. The van der Waals surface area contributed by atoms with Crippen LogP contribution in [0.5, 0.6) is 0 Å². The van der Waals surface area contributed by atoms with E-state index in [4.69, 9.17) is 4.74 Å². The van der Waals surface area contributed by atoms with Gasteiger partial charge in [0.25, 0.3) is 0 Å². The van der Waals surface area contributed by atoms with Crippen molar-refractivity contribution in [3.05, 3.63) is 83.4 Å². The molecule has 3 aromatic rings. The molecule has 2 heterocycles. The van der Waals surface area contributed by atoms with Crippen LogP contribution >= 0.6 is 0 Å². The largest absolute Gasteiger partial charge is 0.376 e. The number of imidazole rings is 1. The van der Waals surface area contributed by atoms with Crippen molar-refractivity contribution in [1.29, 1.82) is 0 Å². The standard InChI is InChI=1S/C29H36FN3O4S/c1-29(2,3)16-27(34)32(20-26-10-7-15-37-26)19-25-17-31-28(33(25)18-22-8-5-4-6-9-22)38(35,36)21-23-11-13-24(30)14-12-23/h4-6,8-9,11-14,17,26H,7,10,15-16,18-21H2,1-3H3/t26-/m1/s1. The van der Waals surface area contributed by atoms with E-state index in [1.807, 2.05) is 51.1 Å². The Morgan fingerprint density at radius 1 is 1.11 bits per heavy atom. The number of rotatable bonds is 10. The van der Waals surface area contributed by atoms with Crippen molar-refractivity contribution in [3.63, 3.8) is 0 Å². The van der Waals surface area contributed by atoms with Crippen LogP contribution in [0.15, 0.2) is 66.0 Å². The smallest absolute Gasteiger partial charge is 0.228 e. The molecule has 9 heteroatoms. The Labute approximate surface area is 224 Å². The molecule has 1 amide bonds. The molecule has 7 nitrogen and oxygen atoms in total. The maximum absolute atomic E-state index is 13.5. The molecule has 0 radical (unpaired) electrons. The lowest BCUT2D eigenvalue weighted by Gasteiger charge is -2.29. The molecule has 38 heavy (non-hydrogen) atoms. The molecule has 1 fully saturated rings. The molecule has 1 saturated heterocycles. The second-order valence-corrected chi connectivity index (χ2v) is 13.0. The Balaban J connectivity index is 1.68. The quantitative estimate of drug-likeness (QED) is 0.361. The topological polar surface area (TPSA) is 81.5 Å². The van der Waals surface area contributed by atoms with Gasteiger partial charge in [-0.2, -0.15) is 0 Å². The summed E-state index contributed by atoms with van der Waals surface area (Å²) in [7, 11) is -3.86. The van der Waals surface area contributed by atoms with Gasteiger partial charge in [-0.3, -0.25) is 4.79 Å². The van der Waals surface area contributed by atoms with Gasteiger partial charge in [0, 0.05) is 19.6 Å². The number of amides is 1. The summed E-state index contributed by atoms with van der Waals surface area (Å²) in [6.45, 7) is 7.71. The Bertz CT molecular complexity index is 1330. The summed E-state index contributed by atoms with van der Waals surface area (Å²) in [5, 5.41) is -0.0685. The molecule has 1 aromatic heterocycles. The van der Waals surface area contributed by atoms with E-state index in [1.165, 1.54) is 24.3 Å². The highest BCUT2D eigenvalue weighted by molar-refractivity contribution is 7.90. The van der Waals surface area contributed by atoms with Crippen LogP contribution in [0.3, 0.4) is 0 Å². The van der Waals surface area contributed by atoms with E-state index in [0.717, 1.165) is 18.4 Å². The van der Waals surface area contributed by atoms with Crippen molar-refractivity contribution in [1.82, 2.24) is 14.5 Å². The van der Waals surface area contributed by atoms with Crippen LogP contribution in [-0.2, 0) is 38.2 Å². The van der Waals surface area contributed by atoms with Crippen molar-refractivity contribution < 1.29 is 22.3 Å². The normalized spacial score (nSPS) is 16.1. The van der Waals surface area contributed by atoms with Crippen LogP contribution in [0.2, 0.25) is 0 Å². The van der Waals surface area contributed by atoms with Crippen molar-refractivity contribution >= 4 is 15.7 Å². The fourth-order valence-corrected chi connectivity index (χ4v) is 6.11. The molecule has 0 spiro atoms. The summed E-state index contributed by atoms with van der Waals surface area (Å²) < 4.78 is 47.9. The summed E-state index contributed by atoms with van der Waals surface area (Å²) in [6.07, 6.45) is 3.73. The third kappa shape index (κ3) is 7.51. The first-order valence-electron chi connectivity index (χ1n) is 12.9. The van der Waals surface area contributed by atoms with Gasteiger partial charge in [-0.15, -0.1) is 0 Å². The van der Waals surface area contributed by atoms with E-state index in [1.54, 1.807) is 15.7 Å². The molecule has 1 aliphatic heterocycles. The van der Waals surface area contributed by atoms with Crippen molar-refractivity contribution in [2.45, 2.75) is 70.1 Å². The first kappa shape index (κ1) is 28.0. The molecule has 204 valence electrons. The Kier molecular flexibility index (Phi) is 8.67. The molecular weight excluding hydrogens is 505 g/mol. The molecule has 2 aromatic carbocycles. The van der Waals surface area contributed by atoms with E-state index in [2.05, 4.69) is 4.98 Å². The molecule has 0 bridgehead atoms. The van der Waals surface area contributed by atoms with Gasteiger partial charge in [-0.05, 0) is 41.5 Å². The minimum absolute atomic E-state index is 0.00354. The van der Waals surface area contributed by atoms with Gasteiger partial charge in [0.2, 0.25) is 20.9 Å². The van der Waals surface area contributed by atoms with Crippen molar-refractivity contribution in [2.24, 2.45) is 5.41 Å². The number of sulfone groups is 1. The number of carbonyl (C=O) groups excluding carboxylic acids is 1. The summed E-state index contributed by atoms with van der Waals surface area (Å²) in [6, 6.07) is 15.0. The van der Waals surface area contributed by atoms with Crippen LogP contribution in [-0.4, -0.2) is 48.0 Å². The number of carbonyl (C=O) groups is 1. The monoisotopic (exact) mass is 541 g/mol. The number of hydrogen-bond acceptors (Lipinski definition) is 5. The Hall–Kier alpha value is -3.04. The highest BCUT2D eigenvalue weighted by Gasteiger charge is 2.29. The fraction of sp³-hybridized carbons (Fsp3) is 0.448. The lowest BCUT2D eigenvalue weighted by Crippen LogP contribution is -2.39. The maximum Gasteiger partial charge on any atom is 0.228 e. The molecule has 0 N–H and O–H groups in total. The number of benzene rings is 2. The third-order valence-electron chi connectivity index (χ3n) is 6.47. The minimum atomic E-state index is -3.86. The molecular formula is C29H36FN3O4S. The fourth-order valence-electron chi connectivity index (χ4n) is 4.62. The lowest BCUT2D eigenvalue weighted by molar-refractivity contribution is -0.135. The summed E-state index contributed by atoms with van der Waals surface area (Å²) >= 11 is 0. The van der Waals surface area contributed by atoms with Gasteiger partial charge in [0.05, 0.1) is 36.8 Å². The van der Waals surface area contributed by atoms with E-state index in [-0.39, 0.29) is 41.4 Å².